The van der Waals surface area contributed by atoms with Gasteiger partial charge >= 0.3 is 17.9 Å². The van der Waals surface area contributed by atoms with Gasteiger partial charge in [-0.15, -0.1) is 0 Å². The van der Waals surface area contributed by atoms with Gasteiger partial charge in [-0.2, -0.15) is 0 Å². The smallest absolute Gasteiger partial charge is 0.371 e. The first-order valence-corrected chi connectivity index (χ1v) is 8.94. The lowest BCUT2D eigenvalue weighted by atomic mass is 10.0. The zero-order chi connectivity index (χ0) is 20.6. The fourth-order valence-corrected chi connectivity index (χ4v) is 3.16. The van der Waals surface area contributed by atoms with Gasteiger partial charge in [0.1, 0.15) is 22.8 Å². The molecule has 3 aromatic rings. The minimum atomic E-state index is -1.68. The molecule has 29 heavy (non-hydrogen) atoms. The highest BCUT2D eigenvalue weighted by Gasteiger charge is 2.42. The fourth-order valence-electron chi connectivity index (χ4n) is 3.16. The molecule has 4 rings (SSSR count). The van der Waals surface area contributed by atoms with Crippen molar-refractivity contribution in [3.63, 3.8) is 0 Å². The van der Waals surface area contributed by atoms with E-state index in [-0.39, 0.29) is 29.4 Å². The van der Waals surface area contributed by atoms with E-state index in [0.29, 0.717) is 10.8 Å². The number of ether oxygens (including phenoxy) is 4. The van der Waals surface area contributed by atoms with Gasteiger partial charge in [-0.1, -0.05) is 42.5 Å². The number of phenols is 1. The first kappa shape index (κ1) is 18.8. The molecular weight excluding hydrogens is 376 g/mol. The minimum absolute atomic E-state index is 0.0708. The van der Waals surface area contributed by atoms with Crippen LogP contribution in [0.2, 0.25) is 0 Å². The molecule has 1 aliphatic rings. The third-order valence-electron chi connectivity index (χ3n) is 4.45. The van der Waals surface area contributed by atoms with E-state index in [0.717, 1.165) is 5.56 Å². The zero-order valence-electron chi connectivity index (χ0n) is 15.8. The number of benzene rings is 3. The molecule has 1 unspecified atom stereocenters. The first-order valence-electron chi connectivity index (χ1n) is 8.94. The second kappa shape index (κ2) is 7.10. The number of esters is 2. The summed E-state index contributed by atoms with van der Waals surface area (Å²) < 4.78 is 22.0. The van der Waals surface area contributed by atoms with Gasteiger partial charge in [-0.25, -0.2) is 4.79 Å². The predicted molar refractivity (Wildman–Crippen MR) is 103 cm³/mol. The summed E-state index contributed by atoms with van der Waals surface area (Å²) >= 11 is 0. The number of hydrogen-bond donors (Lipinski definition) is 1. The molecule has 0 amide bonds. The van der Waals surface area contributed by atoms with Crippen molar-refractivity contribution in [1.29, 1.82) is 0 Å². The summed E-state index contributed by atoms with van der Waals surface area (Å²) in [6, 6.07) is 15.7. The van der Waals surface area contributed by atoms with Crippen LogP contribution in [-0.2, 0) is 20.9 Å². The quantitative estimate of drug-likeness (QED) is 0.530. The van der Waals surface area contributed by atoms with Gasteiger partial charge in [0.2, 0.25) is 0 Å². The molecule has 3 aromatic carbocycles. The van der Waals surface area contributed by atoms with E-state index in [1.165, 1.54) is 19.9 Å². The van der Waals surface area contributed by atoms with Crippen LogP contribution in [-0.4, -0.2) is 23.0 Å². The second-order valence-corrected chi connectivity index (χ2v) is 6.67. The molecule has 148 valence electrons. The molecule has 1 atom stereocenters. The molecule has 0 aromatic heterocycles. The molecule has 7 nitrogen and oxygen atoms in total. The summed E-state index contributed by atoms with van der Waals surface area (Å²) in [5.41, 5.74) is 0.760. The van der Waals surface area contributed by atoms with Crippen LogP contribution >= 0.6 is 0 Å². The molecule has 7 heteroatoms. The summed E-state index contributed by atoms with van der Waals surface area (Å²) in [5, 5.41) is 11.4. The van der Waals surface area contributed by atoms with Crippen LogP contribution in [0.1, 0.15) is 29.8 Å². The van der Waals surface area contributed by atoms with Crippen LogP contribution < -0.4 is 9.47 Å². The van der Waals surface area contributed by atoms with E-state index >= 15 is 0 Å². The van der Waals surface area contributed by atoms with E-state index < -0.39 is 17.9 Å². The average molecular weight is 394 g/mol. The number of phenolic OH excluding ortho intramolecular Hbond substituents is 1. The average Bonchev–Trinajstić information content (AvgIpc) is 2.67. The molecule has 1 N–H and O–H groups in total. The predicted octanol–water partition coefficient (Wildman–Crippen LogP) is 3.91. The van der Waals surface area contributed by atoms with Crippen LogP contribution in [0, 0.1) is 0 Å². The second-order valence-electron chi connectivity index (χ2n) is 6.67. The number of fused-ring (bicyclic) bond motifs is 2. The molecule has 1 aliphatic heterocycles. The molecule has 0 bridgehead atoms. The fraction of sp³-hybridized carbons (Fsp3) is 0.182. The summed E-state index contributed by atoms with van der Waals surface area (Å²) in [5.74, 6) is -2.98. The molecular formula is C22H18O7. The SMILES string of the molecule is CC(=O)Oc1cccc2c(O)c3c(cc12)OC(C)(OCc1ccccc1)OC3=O. The van der Waals surface area contributed by atoms with Crippen LogP contribution in [0.25, 0.3) is 10.8 Å². The van der Waals surface area contributed by atoms with Crippen LogP contribution in [0.4, 0.5) is 0 Å². The zero-order valence-corrected chi connectivity index (χ0v) is 15.8. The van der Waals surface area contributed by atoms with Crippen molar-refractivity contribution < 1.29 is 33.6 Å². The van der Waals surface area contributed by atoms with Crippen molar-refractivity contribution in [3.8, 4) is 17.2 Å². The molecule has 0 spiro atoms. The van der Waals surface area contributed by atoms with E-state index in [4.69, 9.17) is 18.9 Å². The van der Waals surface area contributed by atoms with Gasteiger partial charge < -0.3 is 24.1 Å². The van der Waals surface area contributed by atoms with Crippen molar-refractivity contribution in [1.82, 2.24) is 0 Å². The van der Waals surface area contributed by atoms with Crippen molar-refractivity contribution in [3.05, 3.63) is 65.7 Å². The topological polar surface area (TPSA) is 91.3 Å². The summed E-state index contributed by atoms with van der Waals surface area (Å²) in [6.07, 6.45) is 0. The monoisotopic (exact) mass is 394 g/mol. The van der Waals surface area contributed by atoms with Gasteiger partial charge in [-0.3, -0.25) is 4.79 Å². The van der Waals surface area contributed by atoms with Gasteiger partial charge in [-0.05, 0) is 17.7 Å². The maximum atomic E-state index is 12.6. The number of cyclic esters (lactones) is 1. The summed E-state index contributed by atoms with van der Waals surface area (Å²) in [7, 11) is 0. The van der Waals surface area contributed by atoms with E-state index in [1.54, 1.807) is 18.2 Å². The Labute approximate surface area is 166 Å². The van der Waals surface area contributed by atoms with Crippen molar-refractivity contribution in [2.24, 2.45) is 0 Å². The lowest BCUT2D eigenvalue weighted by Gasteiger charge is -2.34. The Bertz CT molecular complexity index is 1110. The lowest BCUT2D eigenvalue weighted by molar-refractivity contribution is -0.314. The Morgan fingerprint density at radius 3 is 2.55 bits per heavy atom. The Morgan fingerprint density at radius 1 is 1.07 bits per heavy atom. The number of aromatic hydroxyl groups is 1. The minimum Gasteiger partial charge on any atom is -0.506 e. The highest BCUT2D eigenvalue weighted by Crippen LogP contribution is 2.44. The van der Waals surface area contributed by atoms with Crippen LogP contribution in [0.5, 0.6) is 17.2 Å². The molecule has 0 saturated heterocycles. The standard InChI is InChI=1S/C22H18O7/c1-13(23)27-17-10-6-9-15-16(17)11-18-19(20(15)24)21(25)29-22(2,28-18)26-12-14-7-4-3-5-8-14/h3-11,24H,12H2,1-2H3. The summed E-state index contributed by atoms with van der Waals surface area (Å²) in [6.45, 7) is 2.90. The van der Waals surface area contributed by atoms with E-state index in [2.05, 4.69) is 0 Å². The molecule has 0 aliphatic carbocycles. The van der Waals surface area contributed by atoms with Crippen LogP contribution in [0.3, 0.4) is 0 Å². The Balaban J connectivity index is 1.72. The third kappa shape index (κ3) is 3.60. The Hall–Kier alpha value is -3.58. The Kier molecular flexibility index (Phi) is 4.60. The normalized spacial score (nSPS) is 17.9. The highest BCUT2D eigenvalue weighted by atomic mass is 16.9. The Morgan fingerprint density at radius 2 is 1.83 bits per heavy atom. The van der Waals surface area contributed by atoms with Gasteiger partial charge in [0.05, 0.1) is 6.61 Å². The van der Waals surface area contributed by atoms with Gasteiger partial charge in [0, 0.05) is 24.6 Å². The van der Waals surface area contributed by atoms with Gasteiger partial charge in [0.25, 0.3) is 0 Å². The molecule has 0 saturated carbocycles. The van der Waals surface area contributed by atoms with Crippen molar-refractivity contribution in [2.45, 2.75) is 26.4 Å². The highest BCUT2D eigenvalue weighted by molar-refractivity contribution is 6.06. The van der Waals surface area contributed by atoms with Crippen LogP contribution in [0.15, 0.2) is 54.6 Å². The molecule has 0 radical (unpaired) electrons. The number of carbonyl (C=O) groups excluding carboxylic acids is 2. The maximum absolute atomic E-state index is 12.6. The number of carbonyl (C=O) groups is 2. The molecule has 0 fully saturated rings. The lowest BCUT2D eigenvalue weighted by Crippen LogP contribution is -2.44. The van der Waals surface area contributed by atoms with Crippen molar-refractivity contribution in [2.75, 3.05) is 0 Å². The largest absolute Gasteiger partial charge is 0.506 e. The maximum Gasteiger partial charge on any atom is 0.371 e. The van der Waals surface area contributed by atoms with E-state index in [9.17, 15) is 14.7 Å². The number of hydrogen-bond acceptors (Lipinski definition) is 7. The van der Waals surface area contributed by atoms with Crippen molar-refractivity contribution >= 4 is 22.7 Å². The van der Waals surface area contributed by atoms with Gasteiger partial charge in [0.15, 0.2) is 0 Å². The number of rotatable bonds is 4. The third-order valence-corrected chi connectivity index (χ3v) is 4.45. The molecule has 1 heterocycles. The first-order chi connectivity index (χ1) is 13.9. The summed E-state index contributed by atoms with van der Waals surface area (Å²) in [4.78, 5) is 24.0. The van der Waals surface area contributed by atoms with E-state index in [1.807, 2.05) is 30.3 Å².